The number of amides is 1. The van der Waals surface area contributed by atoms with Gasteiger partial charge in [0.2, 0.25) is 5.91 Å². The SMILES string of the molecule is CCNC(=NCC(=O)N1CCc2ccccc2C1)N1CCC(OCC)CC1.I. The molecular weight excluding hydrogens is 467 g/mol. The van der Waals surface area contributed by atoms with Crippen LogP contribution in [0.15, 0.2) is 29.3 Å². The molecule has 0 aromatic heterocycles. The Morgan fingerprint density at radius 1 is 1.14 bits per heavy atom. The van der Waals surface area contributed by atoms with E-state index in [0.29, 0.717) is 12.6 Å². The molecule has 0 spiro atoms. The van der Waals surface area contributed by atoms with Gasteiger partial charge >= 0.3 is 0 Å². The summed E-state index contributed by atoms with van der Waals surface area (Å²) in [5.74, 6) is 0.947. The highest BCUT2D eigenvalue weighted by Gasteiger charge is 2.23. The van der Waals surface area contributed by atoms with E-state index in [1.165, 1.54) is 11.1 Å². The molecule has 1 amide bonds. The van der Waals surface area contributed by atoms with Gasteiger partial charge in [0.1, 0.15) is 6.54 Å². The molecule has 156 valence electrons. The Morgan fingerprint density at radius 2 is 1.86 bits per heavy atom. The highest BCUT2D eigenvalue weighted by atomic mass is 127. The third-order valence-corrected chi connectivity index (χ3v) is 5.33. The number of hydrogen-bond acceptors (Lipinski definition) is 3. The van der Waals surface area contributed by atoms with Gasteiger partial charge in [-0.15, -0.1) is 24.0 Å². The number of hydrogen-bond donors (Lipinski definition) is 1. The number of guanidine groups is 1. The van der Waals surface area contributed by atoms with Crippen molar-refractivity contribution in [3.63, 3.8) is 0 Å². The van der Waals surface area contributed by atoms with Crippen LogP contribution in [0.3, 0.4) is 0 Å². The van der Waals surface area contributed by atoms with Crippen molar-refractivity contribution in [2.75, 3.05) is 39.3 Å². The smallest absolute Gasteiger partial charge is 0.244 e. The number of nitrogens with zero attached hydrogens (tertiary/aromatic N) is 3. The number of likely N-dealkylation sites (tertiary alicyclic amines) is 1. The Morgan fingerprint density at radius 3 is 2.54 bits per heavy atom. The van der Waals surface area contributed by atoms with Crippen LogP contribution < -0.4 is 5.32 Å². The minimum absolute atomic E-state index is 0. The maximum absolute atomic E-state index is 12.7. The Labute approximate surface area is 185 Å². The normalized spacial score (nSPS) is 17.7. The van der Waals surface area contributed by atoms with E-state index in [1.54, 1.807) is 0 Å². The first-order valence-corrected chi connectivity index (χ1v) is 10.2. The summed E-state index contributed by atoms with van der Waals surface area (Å²) in [6.45, 7) is 9.19. The molecule has 0 saturated carbocycles. The van der Waals surface area contributed by atoms with Gasteiger partial charge in [-0.3, -0.25) is 4.79 Å². The minimum Gasteiger partial charge on any atom is -0.378 e. The molecule has 0 aliphatic carbocycles. The lowest BCUT2D eigenvalue weighted by Gasteiger charge is -2.34. The molecule has 0 bridgehead atoms. The summed E-state index contributed by atoms with van der Waals surface area (Å²) < 4.78 is 5.73. The Bertz CT molecular complexity index is 660. The summed E-state index contributed by atoms with van der Waals surface area (Å²) in [5.41, 5.74) is 2.61. The van der Waals surface area contributed by atoms with Crippen LogP contribution in [-0.4, -0.2) is 67.1 Å². The Kier molecular flexibility index (Phi) is 9.50. The highest BCUT2D eigenvalue weighted by molar-refractivity contribution is 14.0. The molecule has 1 saturated heterocycles. The average molecular weight is 500 g/mol. The zero-order chi connectivity index (χ0) is 19.1. The van der Waals surface area contributed by atoms with Gasteiger partial charge in [-0.1, -0.05) is 24.3 Å². The van der Waals surface area contributed by atoms with E-state index in [4.69, 9.17) is 4.74 Å². The second kappa shape index (κ2) is 11.6. The molecule has 6 nitrogen and oxygen atoms in total. The third kappa shape index (κ3) is 6.07. The lowest BCUT2D eigenvalue weighted by Crippen LogP contribution is -2.47. The van der Waals surface area contributed by atoms with Crippen molar-refractivity contribution in [1.82, 2.24) is 15.1 Å². The van der Waals surface area contributed by atoms with Crippen LogP contribution in [-0.2, 0) is 22.5 Å². The number of rotatable bonds is 5. The summed E-state index contributed by atoms with van der Waals surface area (Å²) in [4.78, 5) is 21.5. The van der Waals surface area contributed by atoms with Crippen molar-refractivity contribution >= 4 is 35.8 Å². The number of aliphatic imine (C=N–C) groups is 1. The Balaban J connectivity index is 0.00000280. The summed E-state index contributed by atoms with van der Waals surface area (Å²) in [5, 5.41) is 3.34. The van der Waals surface area contributed by atoms with Crippen LogP contribution in [0.4, 0.5) is 0 Å². The molecule has 0 atom stereocenters. The minimum atomic E-state index is 0. The number of fused-ring (bicyclic) bond motifs is 1. The fourth-order valence-corrected chi connectivity index (χ4v) is 3.85. The summed E-state index contributed by atoms with van der Waals surface area (Å²) >= 11 is 0. The standard InChI is InChI=1S/C21H32N4O2.HI/c1-3-22-21(24-13-10-19(11-14-24)27-4-2)23-15-20(26)25-12-9-17-7-5-6-8-18(17)16-25;/h5-8,19H,3-4,9-16H2,1-2H3,(H,22,23);1H. The zero-order valence-corrected chi connectivity index (χ0v) is 19.4. The maximum atomic E-state index is 12.7. The molecule has 2 aliphatic rings. The molecule has 1 fully saturated rings. The number of piperidine rings is 1. The molecule has 1 aromatic carbocycles. The first kappa shape index (κ1) is 22.9. The Hall–Kier alpha value is -1.35. The van der Waals surface area contributed by atoms with Gasteiger partial charge in [-0.25, -0.2) is 4.99 Å². The monoisotopic (exact) mass is 500 g/mol. The highest BCUT2D eigenvalue weighted by Crippen LogP contribution is 2.18. The van der Waals surface area contributed by atoms with Crippen molar-refractivity contribution in [3.05, 3.63) is 35.4 Å². The molecule has 3 rings (SSSR count). The molecule has 28 heavy (non-hydrogen) atoms. The molecule has 7 heteroatoms. The number of benzene rings is 1. The van der Waals surface area contributed by atoms with Crippen LogP contribution in [0, 0.1) is 0 Å². The van der Waals surface area contributed by atoms with Crippen molar-refractivity contribution in [2.45, 2.75) is 45.8 Å². The first-order chi connectivity index (χ1) is 13.2. The van der Waals surface area contributed by atoms with Crippen LogP contribution in [0.1, 0.15) is 37.8 Å². The predicted molar refractivity (Wildman–Crippen MR) is 123 cm³/mol. The zero-order valence-electron chi connectivity index (χ0n) is 17.0. The molecule has 0 unspecified atom stereocenters. The van der Waals surface area contributed by atoms with Gasteiger partial charge in [-0.2, -0.15) is 0 Å². The molecular formula is C21H33IN4O2. The van der Waals surface area contributed by atoms with Gasteiger partial charge in [0, 0.05) is 39.3 Å². The fourth-order valence-electron chi connectivity index (χ4n) is 3.85. The van der Waals surface area contributed by atoms with E-state index in [0.717, 1.165) is 58.0 Å². The summed E-state index contributed by atoms with van der Waals surface area (Å²) in [7, 11) is 0. The van der Waals surface area contributed by atoms with E-state index in [2.05, 4.69) is 40.3 Å². The number of nitrogens with one attached hydrogen (secondary N) is 1. The largest absolute Gasteiger partial charge is 0.378 e. The lowest BCUT2D eigenvalue weighted by atomic mass is 10.00. The maximum Gasteiger partial charge on any atom is 0.244 e. The van der Waals surface area contributed by atoms with Crippen molar-refractivity contribution in [3.8, 4) is 0 Å². The van der Waals surface area contributed by atoms with Crippen molar-refractivity contribution < 1.29 is 9.53 Å². The average Bonchev–Trinajstić information content (AvgIpc) is 2.71. The summed E-state index contributed by atoms with van der Waals surface area (Å²) in [6, 6.07) is 8.38. The van der Waals surface area contributed by atoms with Crippen LogP contribution >= 0.6 is 24.0 Å². The topological polar surface area (TPSA) is 57.2 Å². The quantitative estimate of drug-likeness (QED) is 0.384. The van der Waals surface area contributed by atoms with Crippen LogP contribution in [0.2, 0.25) is 0 Å². The number of carbonyl (C=O) groups is 1. The summed E-state index contributed by atoms with van der Waals surface area (Å²) in [6.07, 6.45) is 3.30. The second-order valence-corrected chi connectivity index (χ2v) is 7.15. The van der Waals surface area contributed by atoms with Gasteiger partial charge in [0.15, 0.2) is 5.96 Å². The number of halogens is 1. The third-order valence-electron chi connectivity index (χ3n) is 5.33. The molecule has 1 aromatic rings. The van der Waals surface area contributed by atoms with Crippen LogP contribution in [0.5, 0.6) is 0 Å². The van der Waals surface area contributed by atoms with E-state index in [1.807, 2.05) is 17.9 Å². The van der Waals surface area contributed by atoms with Gasteiger partial charge in [-0.05, 0) is 44.2 Å². The number of ether oxygens (including phenoxy) is 1. The molecule has 0 radical (unpaired) electrons. The van der Waals surface area contributed by atoms with E-state index >= 15 is 0 Å². The molecule has 2 aliphatic heterocycles. The number of carbonyl (C=O) groups excluding carboxylic acids is 1. The second-order valence-electron chi connectivity index (χ2n) is 7.15. The predicted octanol–water partition coefficient (Wildman–Crippen LogP) is 2.66. The van der Waals surface area contributed by atoms with Gasteiger partial charge in [0.05, 0.1) is 6.10 Å². The van der Waals surface area contributed by atoms with Gasteiger partial charge < -0.3 is 19.9 Å². The van der Waals surface area contributed by atoms with Gasteiger partial charge in [0.25, 0.3) is 0 Å². The lowest BCUT2D eigenvalue weighted by molar-refractivity contribution is -0.130. The fraction of sp³-hybridized carbons (Fsp3) is 0.619. The van der Waals surface area contributed by atoms with Crippen molar-refractivity contribution in [2.24, 2.45) is 4.99 Å². The molecule has 1 N–H and O–H groups in total. The molecule has 2 heterocycles. The first-order valence-electron chi connectivity index (χ1n) is 10.2. The van der Waals surface area contributed by atoms with Crippen LogP contribution in [0.25, 0.3) is 0 Å². The van der Waals surface area contributed by atoms with E-state index in [9.17, 15) is 4.79 Å². The van der Waals surface area contributed by atoms with E-state index < -0.39 is 0 Å². The van der Waals surface area contributed by atoms with Crippen molar-refractivity contribution in [1.29, 1.82) is 0 Å². The van der Waals surface area contributed by atoms with E-state index in [-0.39, 0.29) is 36.4 Å².